The van der Waals surface area contributed by atoms with Crippen molar-refractivity contribution in [2.45, 2.75) is 64.8 Å². The van der Waals surface area contributed by atoms with Crippen LogP contribution in [0.5, 0.6) is 0 Å². The maximum atomic E-state index is 5.55. The van der Waals surface area contributed by atoms with Gasteiger partial charge in [-0.25, -0.2) is 0 Å². The minimum absolute atomic E-state index is 0.676. The predicted octanol–water partition coefficient (Wildman–Crippen LogP) is 3.36. The van der Waals surface area contributed by atoms with Gasteiger partial charge in [-0.1, -0.05) is 32.6 Å². The highest BCUT2D eigenvalue weighted by Gasteiger charge is 2.18. The summed E-state index contributed by atoms with van der Waals surface area (Å²) in [6, 6.07) is 0.676. The number of rotatable bonds is 8. The molecule has 0 radical (unpaired) electrons. The number of nitrogens with one attached hydrogen (secondary N) is 1. The molecule has 0 amide bonds. The van der Waals surface area contributed by atoms with Gasteiger partial charge in [-0.2, -0.15) is 0 Å². The van der Waals surface area contributed by atoms with Crippen LogP contribution in [0, 0.1) is 5.92 Å². The van der Waals surface area contributed by atoms with Crippen LogP contribution >= 0.6 is 0 Å². The van der Waals surface area contributed by atoms with Gasteiger partial charge in [0.25, 0.3) is 0 Å². The summed E-state index contributed by atoms with van der Waals surface area (Å²) in [7, 11) is 0. The van der Waals surface area contributed by atoms with E-state index < -0.39 is 0 Å². The quantitative estimate of drug-likeness (QED) is 0.642. The van der Waals surface area contributed by atoms with E-state index in [0.29, 0.717) is 6.04 Å². The third-order valence-corrected chi connectivity index (χ3v) is 3.71. The Bertz CT molecular complexity index is 155. The summed E-state index contributed by atoms with van der Waals surface area (Å²) in [6.07, 6.45) is 9.58. The van der Waals surface area contributed by atoms with Gasteiger partial charge in [0.1, 0.15) is 0 Å². The summed E-state index contributed by atoms with van der Waals surface area (Å²) in [5.41, 5.74) is 0. The van der Waals surface area contributed by atoms with E-state index in [0.717, 1.165) is 25.7 Å². The monoisotopic (exact) mass is 227 g/mol. The second-order valence-electron chi connectivity index (χ2n) is 5.11. The first kappa shape index (κ1) is 14.0. The Hall–Kier alpha value is -0.0800. The van der Waals surface area contributed by atoms with Crippen molar-refractivity contribution in [3.63, 3.8) is 0 Å². The highest BCUT2D eigenvalue weighted by molar-refractivity contribution is 4.75. The van der Waals surface area contributed by atoms with E-state index >= 15 is 0 Å². The van der Waals surface area contributed by atoms with Gasteiger partial charge in [0.05, 0.1) is 6.61 Å². The molecule has 0 unspecified atom stereocenters. The molecule has 0 aromatic rings. The third-order valence-electron chi connectivity index (χ3n) is 3.71. The van der Waals surface area contributed by atoms with Crippen LogP contribution in [0.4, 0.5) is 0 Å². The Labute approximate surface area is 101 Å². The molecule has 1 saturated carbocycles. The van der Waals surface area contributed by atoms with Crippen molar-refractivity contribution in [2.75, 3.05) is 19.8 Å². The molecule has 0 heterocycles. The number of ether oxygens (including phenoxy) is 1. The Morgan fingerprint density at radius 3 is 2.62 bits per heavy atom. The van der Waals surface area contributed by atoms with Crippen molar-refractivity contribution < 1.29 is 4.74 Å². The highest BCUT2D eigenvalue weighted by Crippen LogP contribution is 2.26. The Morgan fingerprint density at radius 2 is 1.94 bits per heavy atom. The van der Waals surface area contributed by atoms with Crippen LogP contribution in [0.2, 0.25) is 0 Å². The van der Waals surface area contributed by atoms with E-state index in [1.165, 1.54) is 44.9 Å². The minimum Gasteiger partial charge on any atom is -0.380 e. The average molecular weight is 227 g/mol. The van der Waals surface area contributed by atoms with Crippen LogP contribution < -0.4 is 5.32 Å². The van der Waals surface area contributed by atoms with Crippen molar-refractivity contribution in [1.29, 1.82) is 0 Å². The molecule has 1 atom stereocenters. The van der Waals surface area contributed by atoms with Crippen LogP contribution in [0.15, 0.2) is 0 Å². The molecule has 1 aliphatic carbocycles. The molecule has 1 aliphatic rings. The molecular formula is C14H29NO. The molecule has 2 heteroatoms. The lowest BCUT2D eigenvalue weighted by atomic mass is 9.84. The fourth-order valence-corrected chi connectivity index (χ4v) is 2.51. The summed E-state index contributed by atoms with van der Waals surface area (Å²) in [6.45, 7) is 7.35. The van der Waals surface area contributed by atoms with Crippen molar-refractivity contribution in [3.05, 3.63) is 0 Å². The van der Waals surface area contributed by atoms with E-state index in [1.807, 2.05) is 0 Å². The average Bonchev–Trinajstić information content (AvgIpc) is 2.34. The zero-order valence-electron chi connectivity index (χ0n) is 11.1. The van der Waals surface area contributed by atoms with E-state index in [2.05, 4.69) is 19.2 Å². The molecule has 96 valence electrons. The smallest absolute Gasteiger partial charge is 0.0590 e. The first-order chi connectivity index (χ1) is 7.84. The third kappa shape index (κ3) is 5.86. The largest absolute Gasteiger partial charge is 0.380 e. The van der Waals surface area contributed by atoms with E-state index in [1.54, 1.807) is 0 Å². The lowest BCUT2D eigenvalue weighted by molar-refractivity contribution is 0.128. The summed E-state index contributed by atoms with van der Waals surface area (Å²) in [5.74, 6) is 0.907. The molecule has 0 spiro atoms. The van der Waals surface area contributed by atoms with Crippen LogP contribution in [0.1, 0.15) is 58.8 Å². The predicted molar refractivity (Wildman–Crippen MR) is 69.8 cm³/mol. The van der Waals surface area contributed by atoms with E-state index in [-0.39, 0.29) is 0 Å². The topological polar surface area (TPSA) is 21.3 Å². The lowest BCUT2D eigenvalue weighted by Crippen LogP contribution is -2.36. The Kier molecular flexibility index (Phi) is 7.87. The van der Waals surface area contributed by atoms with Gasteiger partial charge < -0.3 is 10.1 Å². The van der Waals surface area contributed by atoms with Crippen molar-refractivity contribution in [2.24, 2.45) is 5.92 Å². The van der Waals surface area contributed by atoms with E-state index in [4.69, 9.17) is 4.74 Å². The molecule has 16 heavy (non-hydrogen) atoms. The normalized spacial score (nSPS) is 19.9. The van der Waals surface area contributed by atoms with Crippen molar-refractivity contribution >= 4 is 0 Å². The molecule has 0 bridgehead atoms. The molecule has 1 fully saturated rings. The van der Waals surface area contributed by atoms with E-state index in [9.17, 15) is 0 Å². The van der Waals surface area contributed by atoms with Crippen LogP contribution in [0.3, 0.4) is 0 Å². The molecule has 1 rings (SSSR count). The number of hydrogen-bond acceptors (Lipinski definition) is 2. The van der Waals surface area contributed by atoms with Gasteiger partial charge in [-0.15, -0.1) is 0 Å². The highest BCUT2D eigenvalue weighted by atomic mass is 16.5. The maximum absolute atomic E-state index is 5.55. The van der Waals surface area contributed by atoms with Crippen LogP contribution in [-0.4, -0.2) is 25.8 Å². The number of unbranched alkanes of at least 4 members (excludes halogenated alkanes) is 1. The summed E-state index contributed by atoms with van der Waals surface area (Å²) < 4.78 is 5.55. The minimum atomic E-state index is 0.676. The fraction of sp³-hybridized carbons (Fsp3) is 1.00. The van der Waals surface area contributed by atoms with Gasteiger partial charge in [0, 0.05) is 19.2 Å². The van der Waals surface area contributed by atoms with Gasteiger partial charge in [-0.3, -0.25) is 0 Å². The van der Waals surface area contributed by atoms with Crippen LogP contribution in [-0.2, 0) is 4.74 Å². The van der Waals surface area contributed by atoms with Gasteiger partial charge in [0.15, 0.2) is 0 Å². The summed E-state index contributed by atoms with van der Waals surface area (Å²) >= 11 is 0. The second-order valence-corrected chi connectivity index (χ2v) is 5.11. The van der Waals surface area contributed by atoms with Crippen molar-refractivity contribution in [1.82, 2.24) is 5.32 Å². The first-order valence-electron chi connectivity index (χ1n) is 7.15. The van der Waals surface area contributed by atoms with Gasteiger partial charge in [-0.05, 0) is 32.1 Å². The molecule has 0 aromatic heterocycles. The fourth-order valence-electron chi connectivity index (χ4n) is 2.51. The molecular weight excluding hydrogens is 198 g/mol. The standard InChI is InChI=1S/C14H29NO/c1-3-4-11-16-12-10-15-13(2)14-8-6-5-7-9-14/h13-15H,3-12H2,1-2H3/t13-/m1/s1. The zero-order valence-corrected chi connectivity index (χ0v) is 11.1. The van der Waals surface area contributed by atoms with Crippen molar-refractivity contribution in [3.8, 4) is 0 Å². The second kappa shape index (κ2) is 9.00. The number of hydrogen-bond donors (Lipinski definition) is 1. The molecule has 0 saturated heterocycles. The van der Waals surface area contributed by atoms with Crippen LogP contribution in [0.25, 0.3) is 0 Å². The van der Waals surface area contributed by atoms with Gasteiger partial charge in [0.2, 0.25) is 0 Å². The van der Waals surface area contributed by atoms with Gasteiger partial charge >= 0.3 is 0 Å². The molecule has 1 N–H and O–H groups in total. The molecule has 0 aromatic carbocycles. The zero-order chi connectivity index (χ0) is 11.6. The first-order valence-corrected chi connectivity index (χ1v) is 7.15. The summed E-state index contributed by atoms with van der Waals surface area (Å²) in [5, 5.41) is 3.60. The SMILES string of the molecule is CCCCOCCN[C@H](C)C1CCCCC1. The Morgan fingerprint density at radius 1 is 1.19 bits per heavy atom. The lowest BCUT2D eigenvalue weighted by Gasteiger charge is -2.28. The maximum Gasteiger partial charge on any atom is 0.0590 e. The molecule has 0 aliphatic heterocycles. The molecule has 2 nitrogen and oxygen atoms in total. The summed E-state index contributed by atoms with van der Waals surface area (Å²) in [4.78, 5) is 0. The Balaban J connectivity index is 1.94.